The Morgan fingerprint density at radius 2 is 1.90 bits per heavy atom. The zero-order valence-corrected chi connectivity index (χ0v) is 11.6. The fourth-order valence-electron chi connectivity index (χ4n) is 2.37. The lowest BCUT2D eigenvalue weighted by atomic mass is 10.2. The number of nitro benzene ring substituents is 1. The summed E-state index contributed by atoms with van der Waals surface area (Å²) in [4.78, 5) is 24.5. The molecule has 0 atom stereocenters. The van der Waals surface area contributed by atoms with Crippen LogP contribution in [0, 0.1) is 17.0 Å². The van der Waals surface area contributed by atoms with Gasteiger partial charge in [0, 0.05) is 19.2 Å². The van der Waals surface area contributed by atoms with Gasteiger partial charge in [0.25, 0.3) is 5.69 Å². The predicted octanol–water partition coefficient (Wildman–Crippen LogP) is 3.31. The van der Waals surface area contributed by atoms with Gasteiger partial charge in [0.15, 0.2) is 0 Å². The Morgan fingerprint density at radius 3 is 2.50 bits per heavy atom. The molecule has 1 N–H and O–H groups in total. The second-order valence-electron chi connectivity index (χ2n) is 5.11. The van der Waals surface area contributed by atoms with Gasteiger partial charge in [0.2, 0.25) is 0 Å². The second kappa shape index (κ2) is 6.36. The number of amides is 2. The van der Waals surface area contributed by atoms with Crippen molar-refractivity contribution in [3.8, 4) is 0 Å². The Kier molecular flexibility index (Phi) is 4.55. The van der Waals surface area contributed by atoms with Gasteiger partial charge in [-0.3, -0.25) is 10.1 Å². The topological polar surface area (TPSA) is 75.5 Å². The van der Waals surface area contributed by atoms with Crippen LogP contribution in [0.1, 0.15) is 31.2 Å². The van der Waals surface area contributed by atoms with Crippen LogP contribution in [-0.2, 0) is 0 Å². The Balaban J connectivity index is 2.12. The van der Waals surface area contributed by atoms with Crippen LogP contribution in [-0.4, -0.2) is 28.9 Å². The third-order valence-corrected chi connectivity index (χ3v) is 3.48. The maximum atomic E-state index is 12.2. The molecule has 1 aliphatic rings. The number of hydrogen-bond acceptors (Lipinski definition) is 3. The molecule has 0 aliphatic carbocycles. The molecule has 1 fully saturated rings. The third kappa shape index (κ3) is 3.46. The molecule has 0 radical (unpaired) electrons. The highest BCUT2D eigenvalue weighted by Crippen LogP contribution is 2.25. The van der Waals surface area contributed by atoms with E-state index >= 15 is 0 Å². The lowest BCUT2D eigenvalue weighted by Crippen LogP contribution is -2.35. The van der Waals surface area contributed by atoms with Crippen LogP contribution in [0.2, 0.25) is 0 Å². The third-order valence-electron chi connectivity index (χ3n) is 3.48. The summed E-state index contributed by atoms with van der Waals surface area (Å²) in [5.41, 5.74) is 0.993. The molecule has 1 saturated heterocycles. The van der Waals surface area contributed by atoms with E-state index in [1.807, 2.05) is 0 Å². The highest BCUT2D eigenvalue weighted by atomic mass is 16.6. The normalized spacial score (nSPS) is 15.6. The summed E-state index contributed by atoms with van der Waals surface area (Å²) in [5, 5.41) is 13.7. The number of nitro groups is 1. The summed E-state index contributed by atoms with van der Waals surface area (Å²) >= 11 is 0. The van der Waals surface area contributed by atoms with Crippen molar-refractivity contribution in [2.45, 2.75) is 32.6 Å². The van der Waals surface area contributed by atoms with E-state index in [1.54, 1.807) is 24.0 Å². The molecule has 2 rings (SSSR count). The maximum Gasteiger partial charge on any atom is 0.322 e. The Labute approximate surface area is 117 Å². The Bertz CT molecular complexity index is 508. The van der Waals surface area contributed by atoms with Crippen molar-refractivity contribution in [1.29, 1.82) is 0 Å². The smallest absolute Gasteiger partial charge is 0.322 e. The molecule has 6 nitrogen and oxygen atoms in total. The van der Waals surface area contributed by atoms with Crippen LogP contribution in [0.25, 0.3) is 0 Å². The van der Waals surface area contributed by atoms with Gasteiger partial charge in [-0.2, -0.15) is 0 Å². The first kappa shape index (κ1) is 14.3. The molecule has 0 spiro atoms. The van der Waals surface area contributed by atoms with E-state index in [0.29, 0.717) is 13.1 Å². The van der Waals surface area contributed by atoms with Crippen LogP contribution in [0.3, 0.4) is 0 Å². The standard InChI is InChI=1S/C14H19N3O3/c1-11-6-7-12(13(10-11)17(19)20)15-14(18)16-8-4-2-3-5-9-16/h6-7,10H,2-5,8-9H2,1H3,(H,15,18). The molecule has 1 aliphatic heterocycles. The molecule has 1 heterocycles. The van der Waals surface area contributed by atoms with Gasteiger partial charge in [-0.05, 0) is 31.4 Å². The van der Waals surface area contributed by atoms with Crippen LogP contribution in [0.4, 0.5) is 16.2 Å². The Hall–Kier alpha value is -2.11. The lowest BCUT2D eigenvalue weighted by Gasteiger charge is -2.20. The lowest BCUT2D eigenvalue weighted by molar-refractivity contribution is -0.384. The fraction of sp³-hybridized carbons (Fsp3) is 0.500. The first-order valence-electron chi connectivity index (χ1n) is 6.89. The van der Waals surface area contributed by atoms with Crippen LogP contribution in [0.15, 0.2) is 18.2 Å². The van der Waals surface area contributed by atoms with Crippen LogP contribution < -0.4 is 5.32 Å². The molecule has 0 aromatic heterocycles. The first-order chi connectivity index (χ1) is 9.58. The van der Waals surface area contributed by atoms with Crippen molar-refractivity contribution in [3.63, 3.8) is 0 Å². The maximum absolute atomic E-state index is 12.2. The SMILES string of the molecule is Cc1ccc(NC(=O)N2CCCCCC2)c([N+](=O)[O-])c1. The van der Waals surface area contributed by atoms with E-state index in [0.717, 1.165) is 31.2 Å². The van der Waals surface area contributed by atoms with Gasteiger partial charge < -0.3 is 10.2 Å². The van der Waals surface area contributed by atoms with Crippen LogP contribution >= 0.6 is 0 Å². The summed E-state index contributed by atoms with van der Waals surface area (Å²) < 4.78 is 0. The van der Waals surface area contributed by atoms with Gasteiger partial charge in [-0.25, -0.2) is 4.79 Å². The number of aryl methyl sites for hydroxylation is 1. The quantitative estimate of drug-likeness (QED) is 0.665. The number of likely N-dealkylation sites (tertiary alicyclic amines) is 1. The van der Waals surface area contributed by atoms with Crippen molar-refractivity contribution in [2.75, 3.05) is 18.4 Å². The molecule has 20 heavy (non-hydrogen) atoms. The summed E-state index contributed by atoms with van der Waals surface area (Å²) in [7, 11) is 0. The average Bonchev–Trinajstić information content (AvgIpc) is 2.69. The summed E-state index contributed by atoms with van der Waals surface area (Å²) in [5.74, 6) is 0. The van der Waals surface area contributed by atoms with Crippen molar-refractivity contribution in [2.24, 2.45) is 0 Å². The first-order valence-corrected chi connectivity index (χ1v) is 6.89. The Morgan fingerprint density at radius 1 is 1.25 bits per heavy atom. The van der Waals surface area contributed by atoms with E-state index in [9.17, 15) is 14.9 Å². The monoisotopic (exact) mass is 277 g/mol. The molecular formula is C14H19N3O3. The second-order valence-corrected chi connectivity index (χ2v) is 5.11. The zero-order chi connectivity index (χ0) is 14.5. The number of hydrogen-bond donors (Lipinski definition) is 1. The highest BCUT2D eigenvalue weighted by Gasteiger charge is 2.20. The minimum Gasteiger partial charge on any atom is -0.325 e. The zero-order valence-electron chi connectivity index (χ0n) is 11.6. The molecule has 0 saturated carbocycles. The summed E-state index contributed by atoms with van der Waals surface area (Å²) in [6, 6.07) is 4.56. The number of nitrogens with zero attached hydrogens (tertiary/aromatic N) is 2. The van der Waals surface area contributed by atoms with Gasteiger partial charge in [0.1, 0.15) is 5.69 Å². The van der Waals surface area contributed by atoms with Gasteiger partial charge in [0.05, 0.1) is 4.92 Å². The van der Waals surface area contributed by atoms with Gasteiger partial charge >= 0.3 is 6.03 Å². The predicted molar refractivity (Wildman–Crippen MR) is 76.9 cm³/mol. The average molecular weight is 277 g/mol. The highest BCUT2D eigenvalue weighted by molar-refractivity contribution is 5.91. The number of benzene rings is 1. The largest absolute Gasteiger partial charge is 0.325 e. The number of anilines is 1. The minimum absolute atomic E-state index is 0.0619. The molecule has 0 unspecified atom stereocenters. The van der Waals surface area contributed by atoms with E-state index in [2.05, 4.69) is 5.32 Å². The molecule has 2 amide bonds. The van der Waals surface area contributed by atoms with E-state index in [4.69, 9.17) is 0 Å². The van der Waals surface area contributed by atoms with Crippen molar-refractivity contribution < 1.29 is 9.72 Å². The number of carbonyl (C=O) groups is 1. The number of rotatable bonds is 2. The van der Waals surface area contributed by atoms with Gasteiger partial charge in [-0.15, -0.1) is 0 Å². The summed E-state index contributed by atoms with van der Waals surface area (Å²) in [6.45, 7) is 3.21. The van der Waals surface area contributed by atoms with E-state index in [1.165, 1.54) is 6.07 Å². The van der Waals surface area contributed by atoms with E-state index < -0.39 is 4.92 Å². The van der Waals surface area contributed by atoms with E-state index in [-0.39, 0.29) is 17.4 Å². The number of nitrogens with one attached hydrogen (secondary N) is 1. The fourth-order valence-corrected chi connectivity index (χ4v) is 2.37. The van der Waals surface area contributed by atoms with Gasteiger partial charge in [-0.1, -0.05) is 18.9 Å². The molecular weight excluding hydrogens is 258 g/mol. The molecule has 108 valence electrons. The minimum atomic E-state index is -0.467. The van der Waals surface area contributed by atoms with Crippen molar-refractivity contribution in [1.82, 2.24) is 4.90 Å². The van der Waals surface area contributed by atoms with Crippen molar-refractivity contribution in [3.05, 3.63) is 33.9 Å². The van der Waals surface area contributed by atoms with Crippen molar-refractivity contribution >= 4 is 17.4 Å². The molecule has 1 aromatic carbocycles. The molecule has 0 bridgehead atoms. The number of urea groups is 1. The molecule has 6 heteroatoms. The summed E-state index contributed by atoms with van der Waals surface area (Å²) in [6.07, 6.45) is 4.25. The number of carbonyl (C=O) groups excluding carboxylic acids is 1. The van der Waals surface area contributed by atoms with Crippen LogP contribution in [0.5, 0.6) is 0 Å². The molecule has 1 aromatic rings.